The second-order valence-corrected chi connectivity index (χ2v) is 34.4. The average molecular weight is 1760 g/mol. The number of phenols is 2. The normalized spacial score (nSPS) is 22.6. The van der Waals surface area contributed by atoms with E-state index in [9.17, 15) is 53.4 Å². The topological polar surface area (TPSA) is 453 Å². The van der Waals surface area contributed by atoms with Gasteiger partial charge in [-0.25, -0.2) is 0 Å². The molecular weight excluding hydrogens is 1640 g/mol. The number of carbonyl (C=O) groups excluding carboxylic acids is 16. The summed E-state index contributed by atoms with van der Waals surface area (Å²) in [5.74, 6) is -16.6. The van der Waals surface area contributed by atoms with Crippen LogP contribution in [0, 0.1) is 29.6 Å². The van der Waals surface area contributed by atoms with E-state index in [0.717, 1.165) is 26.5 Å². The molecule has 1 aromatic heterocycles. The first kappa shape index (κ1) is 101. The van der Waals surface area contributed by atoms with E-state index in [1.165, 1.54) is 93.6 Å². The van der Waals surface area contributed by atoms with Crippen molar-refractivity contribution in [3.8, 4) is 11.5 Å². The van der Waals surface area contributed by atoms with Crippen molar-refractivity contribution in [1.29, 1.82) is 0 Å². The highest BCUT2D eigenvalue weighted by Crippen LogP contribution is 2.28. The number of fused-ring (bicyclic) bond motifs is 1. The van der Waals surface area contributed by atoms with Gasteiger partial charge in [0.15, 0.2) is 11.6 Å². The first-order chi connectivity index (χ1) is 59.9. The number of ketones is 3. The summed E-state index contributed by atoms with van der Waals surface area (Å²) in [5, 5.41) is 38.2. The summed E-state index contributed by atoms with van der Waals surface area (Å²) in [6, 6.07) is 23.3. The maximum atomic E-state index is 15.4. The molecule has 11 N–H and O–H groups in total. The average Bonchev–Trinajstić information content (AvgIpc) is 0.831. The SMILES string of the molecule is CCCC[C@H]1C(=O)N(C)CC(=O)C[C@@H](COC=O)C(=O)C[C@@H](C(C)C)C(=O)N(C)[C@@H](Cc2ccccc2)C(=O)N[C@@H](Cc2ccc(O)cc2)C(=O)N(C)CC(=O)N[C@@H](Cc2c[nH]c3ccccc23)C(=O)N[C@@H](Cc2ccc(O)cc2)C(=O)N[C@@H](CC(C)C)C(=O)N[C@H](C(=O)CCC(N)=O)CSCC(=O)N[C@@H](C(C)CC)C(=O)N(C)[C@@H](Cc2ccccc2)C(=O)N1C. The zero-order chi connectivity index (χ0) is 92.6. The van der Waals surface area contributed by atoms with Crippen LogP contribution in [0.1, 0.15) is 134 Å². The van der Waals surface area contributed by atoms with Gasteiger partial charge in [0.2, 0.25) is 70.9 Å². The minimum absolute atomic E-state index is 0.0551. The number of H-pyrrole nitrogens is 1. The molecule has 0 radical (unpaired) electrons. The van der Waals surface area contributed by atoms with E-state index in [4.69, 9.17) is 10.5 Å². The maximum absolute atomic E-state index is 15.4. The molecule has 1 fully saturated rings. The number of phenolic OH excluding ortho intramolecular Hbond substituents is 2. The molecule has 12 amide bonds. The first-order valence-corrected chi connectivity index (χ1v) is 43.8. The summed E-state index contributed by atoms with van der Waals surface area (Å²) in [6.45, 7) is 10.4. The van der Waals surface area contributed by atoms with Crippen molar-refractivity contribution < 1.29 is 91.7 Å². The van der Waals surface area contributed by atoms with Crippen molar-refractivity contribution in [3.63, 3.8) is 0 Å². The van der Waals surface area contributed by atoms with E-state index >= 15 is 33.6 Å². The van der Waals surface area contributed by atoms with Gasteiger partial charge in [-0.1, -0.05) is 171 Å². The predicted molar refractivity (Wildman–Crippen MR) is 475 cm³/mol. The molecular formula is C93H123N13O19S. The van der Waals surface area contributed by atoms with Gasteiger partial charge in [-0.2, -0.15) is 0 Å². The summed E-state index contributed by atoms with van der Waals surface area (Å²) >= 11 is 0.895. The summed E-state index contributed by atoms with van der Waals surface area (Å²) < 4.78 is 5.15. The summed E-state index contributed by atoms with van der Waals surface area (Å²) in [5.41, 5.74) is 8.77. The molecule has 6 aromatic rings. The number of nitrogens with one attached hydrogen (secondary N) is 7. The number of thioether (sulfide) groups is 1. The van der Waals surface area contributed by atoms with Crippen LogP contribution in [0.15, 0.2) is 140 Å². The third kappa shape index (κ3) is 30.3. The number of aromatic amines is 1. The van der Waals surface area contributed by atoms with Gasteiger partial charge >= 0.3 is 0 Å². The van der Waals surface area contributed by atoms with Crippen LogP contribution in [0.5, 0.6) is 11.5 Å². The molecule has 5 aromatic carbocycles. The molecule has 1 aliphatic heterocycles. The molecule has 32 nitrogen and oxygen atoms in total. The quantitative estimate of drug-likeness (QED) is 0.0327. The Hall–Kier alpha value is -12.3. The number of Topliss-reactive ketones (excluding diaryl/α,β-unsaturated/α-hetero) is 3. The number of benzene rings is 5. The lowest BCUT2D eigenvalue weighted by molar-refractivity contribution is -0.151. The van der Waals surface area contributed by atoms with Gasteiger partial charge in [0, 0.05) is 122 Å². The van der Waals surface area contributed by atoms with Gasteiger partial charge in [0.25, 0.3) is 6.47 Å². The molecule has 2 heterocycles. The molecule has 1 aliphatic rings. The van der Waals surface area contributed by atoms with Crippen LogP contribution in [0.2, 0.25) is 0 Å². The fraction of sp³-hybridized carbons (Fsp3) is 0.484. The van der Waals surface area contributed by atoms with Crippen molar-refractivity contribution in [2.45, 2.75) is 193 Å². The lowest BCUT2D eigenvalue weighted by Crippen LogP contribution is -2.59. The highest BCUT2D eigenvalue weighted by molar-refractivity contribution is 8.00. The number of primary amides is 1. The number of ether oxygens (including phenoxy) is 1. The number of likely N-dealkylation sites (N-methyl/N-ethyl adjacent to an activating group) is 5. The van der Waals surface area contributed by atoms with E-state index in [-0.39, 0.29) is 74.6 Å². The summed E-state index contributed by atoms with van der Waals surface area (Å²) in [7, 11) is 6.83. The van der Waals surface area contributed by atoms with E-state index in [2.05, 4.69) is 36.9 Å². The van der Waals surface area contributed by atoms with E-state index in [1.54, 1.807) is 133 Å². The van der Waals surface area contributed by atoms with Gasteiger partial charge in [-0.05, 0) is 88.7 Å². The van der Waals surface area contributed by atoms with Crippen LogP contribution in [-0.4, -0.2) is 255 Å². The van der Waals surface area contributed by atoms with Crippen molar-refractivity contribution in [2.24, 2.45) is 35.3 Å². The van der Waals surface area contributed by atoms with Crippen LogP contribution in [0.3, 0.4) is 0 Å². The second kappa shape index (κ2) is 49.4. The number of hydrogen-bond donors (Lipinski definition) is 10. The third-order valence-corrected chi connectivity index (χ3v) is 23.8. The minimum atomic E-state index is -1.57. The Morgan fingerprint density at radius 2 is 1.06 bits per heavy atom. The maximum Gasteiger partial charge on any atom is 0.293 e. The molecule has 680 valence electrons. The lowest BCUT2D eigenvalue weighted by Gasteiger charge is -2.37. The lowest BCUT2D eigenvalue weighted by atomic mass is 9.84. The fourth-order valence-corrected chi connectivity index (χ4v) is 16.0. The molecule has 7 rings (SSSR count). The molecule has 1 unspecified atom stereocenters. The molecule has 12 atom stereocenters. The highest BCUT2D eigenvalue weighted by atomic mass is 32.2. The number of aromatic hydroxyl groups is 2. The highest BCUT2D eigenvalue weighted by Gasteiger charge is 2.43. The smallest absolute Gasteiger partial charge is 0.293 e. The van der Waals surface area contributed by atoms with Gasteiger partial charge in [0.1, 0.15) is 72.2 Å². The molecule has 33 heteroatoms. The molecule has 0 aliphatic carbocycles. The Bertz CT molecular complexity index is 4740. The molecule has 0 bridgehead atoms. The van der Waals surface area contributed by atoms with Gasteiger partial charge in [-0.15, -0.1) is 11.8 Å². The largest absolute Gasteiger partial charge is 0.508 e. The van der Waals surface area contributed by atoms with Crippen molar-refractivity contribution >= 4 is 117 Å². The predicted octanol–water partition coefficient (Wildman–Crippen LogP) is 5.24. The number of amides is 12. The zero-order valence-corrected chi connectivity index (χ0v) is 74.7. The molecule has 1 saturated heterocycles. The third-order valence-electron chi connectivity index (χ3n) is 22.8. The number of carbonyl (C=O) groups is 16. The number of aromatic nitrogens is 1. The Balaban J connectivity index is 1.33. The number of nitrogens with zero attached hydrogens (tertiary/aromatic N) is 5. The standard InChI is InChI=1S/C93H123N13O19S/c1-13-15-30-76-91(122)102(8)50-67(110)46-64(52-125-55-107)80(112)48-69(57(5)6)89(120)105(11)77(44-59-24-18-16-19-25-59)88(119)99-74(43-62-33-37-66(109)38-34-62)90(121)103(9)51-82(114)96-73(47-63-49-95-70-29-23-22-28-68(63)70)87(118)98-72(42-61-31-35-65(108)36-32-61)86(117)97-71(41-56(3)4)85(116)100-75(79(111)39-40-81(94)113)53-126-54-83(115)101-84(58(7)14-2)93(124)106(12)78(92(123)104(76)10)45-60-26-20-17-21-27-60/h16-29,31-38,49,55-58,64,69,71-78,84,95,108-109H,13-15,30,39-48,50-54H2,1-12H3,(H2,94,113)(H,96,114)(H,97,117)(H,98,118)(H,99,119)(H,100,116)(H,101,115)/t58?,64-,69-,71-,72-,73-,74-,75-,76-,77-,78-,84-/m0/s1. The number of para-hydroxylation sites is 1. The Morgan fingerprint density at radius 1 is 0.532 bits per heavy atom. The number of unbranched alkanes of at least 4 members (excludes halogenated alkanes) is 1. The van der Waals surface area contributed by atoms with E-state index in [0.29, 0.717) is 58.0 Å². The van der Waals surface area contributed by atoms with Crippen molar-refractivity contribution in [3.05, 3.63) is 167 Å². The number of rotatable bonds is 25. The molecule has 126 heavy (non-hydrogen) atoms. The minimum Gasteiger partial charge on any atom is -0.508 e. The van der Waals surface area contributed by atoms with Crippen LogP contribution in [0.4, 0.5) is 0 Å². The van der Waals surface area contributed by atoms with Crippen LogP contribution in [-0.2, 0) is 114 Å². The molecule has 0 saturated carbocycles. The van der Waals surface area contributed by atoms with Crippen molar-refractivity contribution in [1.82, 2.24) is 61.4 Å². The van der Waals surface area contributed by atoms with Crippen LogP contribution in [0.25, 0.3) is 10.9 Å². The molecule has 0 spiro atoms. The summed E-state index contributed by atoms with van der Waals surface area (Å²) in [6.07, 6.45) is 0.0528. The number of nitrogens with two attached hydrogens (primary N) is 1. The summed E-state index contributed by atoms with van der Waals surface area (Å²) in [4.78, 5) is 243. The Kier molecular flexibility index (Phi) is 39.5. The van der Waals surface area contributed by atoms with Crippen LogP contribution >= 0.6 is 11.8 Å². The van der Waals surface area contributed by atoms with Gasteiger partial charge < -0.3 is 82.1 Å². The van der Waals surface area contributed by atoms with E-state index < -0.39 is 217 Å². The zero-order valence-electron chi connectivity index (χ0n) is 73.9. The number of hydrogen-bond acceptors (Lipinski definition) is 20. The Labute approximate surface area is 740 Å². The first-order valence-electron chi connectivity index (χ1n) is 42.7. The fourth-order valence-electron chi connectivity index (χ4n) is 15.1. The monoisotopic (exact) mass is 1760 g/mol. The van der Waals surface area contributed by atoms with Gasteiger partial charge in [-0.3, -0.25) is 76.7 Å². The van der Waals surface area contributed by atoms with Gasteiger partial charge in [0.05, 0.1) is 30.8 Å². The van der Waals surface area contributed by atoms with Crippen molar-refractivity contribution in [2.75, 3.05) is 66.4 Å². The second-order valence-electron chi connectivity index (χ2n) is 33.4. The van der Waals surface area contributed by atoms with E-state index in [1.807, 2.05) is 6.92 Å². The van der Waals surface area contributed by atoms with Crippen LogP contribution < -0.4 is 37.6 Å². The Morgan fingerprint density at radius 3 is 1.63 bits per heavy atom.